The van der Waals surface area contributed by atoms with E-state index in [-0.39, 0.29) is 0 Å². The summed E-state index contributed by atoms with van der Waals surface area (Å²) in [5.74, 6) is 1.76. The molecular formula is C16H19N5. The largest absolute Gasteiger partial charge is 0.383 e. The van der Waals surface area contributed by atoms with Crippen LogP contribution in [0.25, 0.3) is 0 Å². The molecule has 3 rings (SSSR count). The Morgan fingerprint density at radius 1 is 1.29 bits per heavy atom. The van der Waals surface area contributed by atoms with E-state index in [1.54, 1.807) is 0 Å². The van der Waals surface area contributed by atoms with Gasteiger partial charge in [0, 0.05) is 13.1 Å². The number of nitrogens with one attached hydrogen (secondary N) is 1. The molecule has 0 aliphatic carbocycles. The molecule has 21 heavy (non-hydrogen) atoms. The number of hydrogen-bond donors (Lipinski definition) is 2. The maximum absolute atomic E-state index is 9.15. The van der Waals surface area contributed by atoms with Crippen LogP contribution < -0.4 is 10.6 Å². The molecule has 0 unspecified atom stereocenters. The second kappa shape index (κ2) is 5.88. The standard InChI is InChI=1S/C16H19N5/c17-11-14-15(18)19-20-16(14)21-8-6-13(7-9-21)10-12-4-2-1-3-5-12/h1-5,13H,6-10H2,(H3,18,19,20). The molecule has 0 atom stereocenters. The van der Waals surface area contributed by atoms with Crippen LogP contribution >= 0.6 is 0 Å². The van der Waals surface area contributed by atoms with Crippen LogP contribution in [-0.2, 0) is 6.42 Å². The summed E-state index contributed by atoms with van der Waals surface area (Å²) >= 11 is 0. The highest BCUT2D eigenvalue weighted by Gasteiger charge is 2.24. The van der Waals surface area contributed by atoms with E-state index >= 15 is 0 Å². The number of aromatic nitrogens is 2. The molecule has 5 heteroatoms. The minimum absolute atomic E-state index is 0.360. The maximum atomic E-state index is 9.15. The van der Waals surface area contributed by atoms with Crippen LogP contribution in [0.2, 0.25) is 0 Å². The lowest BCUT2D eigenvalue weighted by Crippen LogP contribution is -2.35. The van der Waals surface area contributed by atoms with Gasteiger partial charge in [-0.3, -0.25) is 5.10 Å². The first-order valence-electron chi connectivity index (χ1n) is 7.30. The average Bonchev–Trinajstić information content (AvgIpc) is 2.90. The molecule has 1 fully saturated rings. The van der Waals surface area contributed by atoms with Crippen molar-refractivity contribution in [2.75, 3.05) is 23.7 Å². The molecule has 1 aromatic heterocycles. The predicted molar refractivity (Wildman–Crippen MR) is 82.8 cm³/mol. The van der Waals surface area contributed by atoms with Gasteiger partial charge in [0.05, 0.1) is 0 Å². The summed E-state index contributed by atoms with van der Waals surface area (Å²) in [5.41, 5.74) is 7.59. The number of benzene rings is 1. The summed E-state index contributed by atoms with van der Waals surface area (Å²) in [5, 5.41) is 16.0. The van der Waals surface area contributed by atoms with Crippen LogP contribution in [-0.4, -0.2) is 23.3 Å². The van der Waals surface area contributed by atoms with E-state index in [1.807, 2.05) is 0 Å². The Labute approximate surface area is 124 Å². The summed E-state index contributed by atoms with van der Waals surface area (Å²) in [6.45, 7) is 1.85. The first-order valence-corrected chi connectivity index (χ1v) is 7.30. The molecule has 0 spiro atoms. The Balaban J connectivity index is 1.62. The average molecular weight is 281 g/mol. The summed E-state index contributed by atoms with van der Waals surface area (Å²) in [4.78, 5) is 2.16. The number of anilines is 2. The van der Waals surface area contributed by atoms with E-state index < -0.39 is 0 Å². The summed E-state index contributed by atoms with van der Waals surface area (Å²) in [7, 11) is 0. The molecule has 2 heterocycles. The SMILES string of the molecule is N#Cc1c(N2CCC(Cc3ccccc3)CC2)n[nH]c1N. The zero-order chi connectivity index (χ0) is 14.7. The minimum Gasteiger partial charge on any atom is -0.383 e. The van der Waals surface area contributed by atoms with E-state index in [9.17, 15) is 0 Å². The first kappa shape index (κ1) is 13.5. The third kappa shape index (κ3) is 2.84. The smallest absolute Gasteiger partial charge is 0.170 e. The Morgan fingerprint density at radius 2 is 2.00 bits per heavy atom. The van der Waals surface area contributed by atoms with Crippen molar-refractivity contribution in [2.24, 2.45) is 5.92 Å². The molecule has 0 bridgehead atoms. The van der Waals surface area contributed by atoms with Crippen molar-refractivity contribution >= 4 is 11.6 Å². The van der Waals surface area contributed by atoms with Crippen LogP contribution in [0.4, 0.5) is 11.6 Å². The van der Waals surface area contributed by atoms with Crippen LogP contribution in [0.15, 0.2) is 30.3 Å². The Bertz CT molecular complexity index is 632. The topological polar surface area (TPSA) is 81.7 Å². The molecular weight excluding hydrogens is 262 g/mol. The molecule has 108 valence electrons. The number of nitriles is 1. The molecule has 3 N–H and O–H groups in total. The number of hydrogen-bond acceptors (Lipinski definition) is 4. The molecule has 0 radical (unpaired) electrons. The van der Waals surface area contributed by atoms with Crippen molar-refractivity contribution in [1.29, 1.82) is 5.26 Å². The lowest BCUT2D eigenvalue weighted by molar-refractivity contribution is 0.402. The highest BCUT2D eigenvalue weighted by Crippen LogP contribution is 2.28. The van der Waals surface area contributed by atoms with Gasteiger partial charge in [-0.05, 0) is 30.7 Å². The molecule has 1 aliphatic rings. The number of nitrogen functional groups attached to an aromatic ring is 1. The monoisotopic (exact) mass is 281 g/mol. The highest BCUT2D eigenvalue weighted by atomic mass is 15.3. The Morgan fingerprint density at radius 3 is 2.67 bits per heavy atom. The molecule has 1 saturated heterocycles. The number of piperidine rings is 1. The van der Waals surface area contributed by atoms with Crippen LogP contribution in [0.5, 0.6) is 0 Å². The third-order valence-electron chi connectivity index (χ3n) is 4.17. The minimum atomic E-state index is 0.360. The molecule has 2 aromatic rings. The van der Waals surface area contributed by atoms with Gasteiger partial charge in [0.15, 0.2) is 5.82 Å². The van der Waals surface area contributed by atoms with Gasteiger partial charge in [0.1, 0.15) is 17.5 Å². The van der Waals surface area contributed by atoms with Gasteiger partial charge in [0.25, 0.3) is 0 Å². The van der Waals surface area contributed by atoms with Gasteiger partial charge in [-0.15, -0.1) is 0 Å². The number of H-pyrrole nitrogens is 1. The lowest BCUT2D eigenvalue weighted by atomic mass is 9.90. The quantitative estimate of drug-likeness (QED) is 0.904. The van der Waals surface area contributed by atoms with Crippen molar-refractivity contribution < 1.29 is 0 Å². The fourth-order valence-electron chi connectivity index (χ4n) is 2.98. The number of nitrogens with zero attached hydrogens (tertiary/aromatic N) is 3. The fourth-order valence-corrected chi connectivity index (χ4v) is 2.98. The number of aromatic amines is 1. The van der Waals surface area contributed by atoms with Crippen molar-refractivity contribution in [3.05, 3.63) is 41.5 Å². The van der Waals surface area contributed by atoms with Gasteiger partial charge in [-0.25, -0.2) is 0 Å². The lowest BCUT2D eigenvalue weighted by Gasteiger charge is -2.32. The van der Waals surface area contributed by atoms with E-state index in [0.29, 0.717) is 23.1 Å². The van der Waals surface area contributed by atoms with E-state index in [0.717, 1.165) is 32.4 Å². The third-order valence-corrected chi connectivity index (χ3v) is 4.17. The number of nitrogens with two attached hydrogens (primary N) is 1. The second-order valence-corrected chi connectivity index (χ2v) is 5.57. The van der Waals surface area contributed by atoms with E-state index in [4.69, 9.17) is 11.0 Å². The summed E-state index contributed by atoms with van der Waals surface area (Å²) in [6, 6.07) is 12.7. The predicted octanol–water partition coefficient (Wildman–Crippen LogP) is 2.32. The van der Waals surface area contributed by atoms with Gasteiger partial charge in [-0.2, -0.15) is 10.4 Å². The van der Waals surface area contributed by atoms with Crippen molar-refractivity contribution in [3.63, 3.8) is 0 Å². The summed E-state index contributed by atoms with van der Waals surface area (Å²) in [6.07, 6.45) is 3.36. The number of rotatable bonds is 3. The first-order chi connectivity index (χ1) is 10.3. The fraction of sp³-hybridized carbons (Fsp3) is 0.375. The highest BCUT2D eigenvalue weighted by molar-refractivity contribution is 5.64. The van der Waals surface area contributed by atoms with Gasteiger partial charge < -0.3 is 10.6 Å². The van der Waals surface area contributed by atoms with Crippen LogP contribution in [0, 0.1) is 17.2 Å². The van der Waals surface area contributed by atoms with Gasteiger partial charge >= 0.3 is 0 Å². The van der Waals surface area contributed by atoms with Gasteiger partial charge in [-0.1, -0.05) is 30.3 Å². The van der Waals surface area contributed by atoms with Crippen LogP contribution in [0.1, 0.15) is 24.0 Å². The van der Waals surface area contributed by atoms with Crippen molar-refractivity contribution in [2.45, 2.75) is 19.3 Å². The summed E-state index contributed by atoms with van der Waals surface area (Å²) < 4.78 is 0. The second-order valence-electron chi connectivity index (χ2n) is 5.57. The molecule has 1 aliphatic heterocycles. The molecule has 0 amide bonds. The normalized spacial score (nSPS) is 15.9. The van der Waals surface area contributed by atoms with Crippen molar-refractivity contribution in [1.82, 2.24) is 10.2 Å². The van der Waals surface area contributed by atoms with E-state index in [1.165, 1.54) is 5.56 Å². The maximum Gasteiger partial charge on any atom is 0.170 e. The van der Waals surface area contributed by atoms with Crippen molar-refractivity contribution in [3.8, 4) is 6.07 Å². The molecule has 0 saturated carbocycles. The molecule has 5 nitrogen and oxygen atoms in total. The van der Waals surface area contributed by atoms with E-state index in [2.05, 4.69) is 51.5 Å². The molecule has 1 aromatic carbocycles. The Hall–Kier alpha value is -2.48. The van der Waals surface area contributed by atoms with Gasteiger partial charge in [0.2, 0.25) is 0 Å². The van der Waals surface area contributed by atoms with Crippen LogP contribution in [0.3, 0.4) is 0 Å². The Kier molecular flexibility index (Phi) is 3.78. The zero-order valence-electron chi connectivity index (χ0n) is 11.9. The zero-order valence-corrected chi connectivity index (χ0v) is 11.9.